The third-order valence-electron chi connectivity index (χ3n) is 2.43. The molecular weight excluding hydrogens is 242 g/mol. The van der Waals surface area contributed by atoms with Crippen molar-refractivity contribution in [2.24, 2.45) is 0 Å². The lowest BCUT2D eigenvalue weighted by atomic mass is 10.2. The maximum atomic E-state index is 5.63. The zero-order valence-corrected chi connectivity index (χ0v) is 11.1. The molecule has 0 aliphatic heterocycles. The number of nitrogens with two attached hydrogens (primary N) is 1. The molecule has 2 rings (SSSR count). The standard InChI is InChI=1S/C13H17N5O/c1-3-19-13-7-12(17-9(2)18-13)16-8-10-4-5-15-11(14)6-10/h4-7H,3,8H2,1-2H3,(H2,14,15)(H,16,17,18). The smallest absolute Gasteiger partial charge is 0.218 e. The molecule has 6 nitrogen and oxygen atoms in total. The molecule has 0 aliphatic carbocycles. The minimum absolute atomic E-state index is 0.508. The molecule has 0 spiro atoms. The summed E-state index contributed by atoms with van der Waals surface area (Å²) < 4.78 is 5.38. The van der Waals surface area contributed by atoms with Gasteiger partial charge in [-0.2, -0.15) is 4.98 Å². The Bertz CT molecular complexity index is 558. The number of aryl methyl sites for hydroxylation is 1. The van der Waals surface area contributed by atoms with Gasteiger partial charge in [-0.05, 0) is 31.5 Å². The zero-order chi connectivity index (χ0) is 13.7. The number of hydrogen-bond acceptors (Lipinski definition) is 6. The van der Waals surface area contributed by atoms with Gasteiger partial charge < -0.3 is 15.8 Å². The topological polar surface area (TPSA) is 86.0 Å². The SMILES string of the molecule is CCOc1cc(NCc2ccnc(N)c2)nc(C)n1. The molecular formula is C13H17N5O. The van der Waals surface area contributed by atoms with Crippen LogP contribution in [0.5, 0.6) is 5.88 Å². The van der Waals surface area contributed by atoms with Crippen molar-refractivity contribution in [3.8, 4) is 5.88 Å². The monoisotopic (exact) mass is 259 g/mol. The highest BCUT2D eigenvalue weighted by Crippen LogP contribution is 2.14. The average Bonchev–Trinajstić information content (AvgIpc) is 2.36. The van der Waals surface area contributed by atoms with Gasteiger partial charge in [0.05, 0.1) is 6.61 Å². The highest BCUT2D eigenvalue weighted by atomic mass is 16.5. The van der Waals surface area contributed by atoms with Crippen LogP contribution in [0.4, 0.5) is 11.6 Å². The zero-order valence-electron chi connectivity index (χ0n) is 11.1. The molecule has 0 saturated heterocycles. The number of nitrogens with zero attached hydrogens (tertiary/aromatic N) is 3. The minimum atomic E-state index is 0.508. The largest absolute Gasteiger partial charge is 0.478 e. The van der Waals surface area contributed by atoms with E-state index in [9.17, 15) is 0 Å². The molecule has 3 N–H and O–H groups in total. The van der Waals surface area contributed by atoms with Gasteiger partial charge in [0.1, 0.15) is 17.5 Å². The third-order valence-corrected chi connectivity index (χ3v) is 2.43. The van der Waals surface area contributed by atoms with Gasteiger partial charge in [0.25, 0.3) is 0 Å². The molecule has 0 saturated carbocycles. The molecule has 2 aromatic heterocycles. The van der Waals surface area contributed by atoms with Gasteiger partial charge in [-0.15, -0.1) is 0 Å². The number of hydrogen-bond donors (Lipinski definition) is 2. The van der Waals surface area contributed by atoms with Crippen molar-refractivity contribution in [1.29, 1.82) is 0 Å². The first kappa shape index (κ1) is 13.1. The second-order valence-corrected chi connectivity index (χ2v) is 4.01. The Labute approximate surface area is 112 Å². The molecule has 2 aromatic rings. The molecule has 0 fully saturated rings. The maximum absolute atomic E-state index is 5.63. The first-order chi connectivity index (χ1) is 9.17. The van der Waals surface area contributed by atoms with Crippen LogP contribution in [0.25, 0.3) is 0 Å². The summed E-state index contributed by atoms with van der Waals surface area (Å²) in [4.78, 5) is 12.4. The Morgan fingerprint density at radius 2 is 2.16 bits per heavy atom. The second-order valence-electron chi connectivity index (χ2n) is 4.01. The Kier molecular flexibility index (Phi) is 4.12. The molecule has 2 heterocycles. The van der Waals surface area contributed by atoms with Crippen LogP contribution in [0, 0.1) is 6.92 Å². The molecule has 0 atom stereocenters. The minimum Gasteiger partial charge on any atom is -0.478 e. The molecule has 19 heavy (non-hydrogen) atoms. The predicted molar refractivity (Wildman–Crippen MR) is 73.9 cm³/mol. The van der Waals surface area contributed by atoms with E-state index in [4.69, 9.17) is 10.5 Å². The first-order valence-electron chi connectivity index (χ1n) is 6.10. The van der Waals surface area contributed by atoms with Crippen LogP contribution < -0.4 is 15.8 Å². The van der Waals surface area contributed by atoms with E-state index in [1.165, 1.54) is 0 Å². The van der Waals surface area contributed by atoms with Crippen LogP contribution in [0.2, 0.25) is 0 Å². The van der Waals surface area contributed by atoms with E-state index in [1.807, 2.05) is 26.0 Å². The quantitative estimate of drug-likeness (QED) is 0.851. The summed E-state index contributed by atoms with van der Waals surface area (Å²) in [7, 11) is 0. The number of pyridine rings is 1. The number of rotatable bonds is 5. The van der Waals surface area contributed by atoms with E-state index in [0.717, 1.165) is 11.4 Å². The fraction of sp³-hybridized carbons (Fsp3) is 0.308. The van der Waals surface area contributed by atoms with E-state index < -0.39 is 0 Å². The van der Waals surface area contributed by atoms with Crippen molar-refractivity contribution in [2.45, 2.75) is 20.4 Å². The van der Waals surface area contributed by atoms with Gasteiger partial charge in [-0.1, -0.05) is 0 Å². The van der Waals surface area contributed by atoms with Gasteiger partial charge in [0.15, 0.2) is 0 Å². The number of ether oxygens (including phenoxy) is 1. The van der Waals surface area contributed by atoms with E-state index in [-0.39, 0.29) is 0 Å². The van der Waals surface area contributed by atoms with Crippen molar-refractivity contribution in [3.05, 3.63) is 35.8 Å². The van der Waals surface area contributed by atoms with Gasteiger partial charge in [-0.3, -0.25) is 0 Å². The predicted octanol–water partition coefficient (Wildman–Crippen LogP) is 1.77. The summed E-state index contributed by atoms with van der Waals surface area (Å²) in [6, 6.07) is 5.51. The molecule has 0 aliphatic rings. The highest BCUT2D eigenvalue weighted by molar-refractivity contribution is 5.40. The van der Waals surface area contributed by atoms with Crippen LogP contribution >= 0.6 is 0 Å². The number of aromatic nitrogens is 3. The van der Waals surface area contributed by atoms with E-state index in [1.54, 1.807) is 12.3 Å². The molecule has 100 valence electrons. The van der Waals surface area contributed by atoms with E-state index >= 15 is 0 Å². The fourth-order valence-corrected chi connectivity index (χ4v) is 1.65. The van der Waals surface area contributed by atoms with Crippen molar-refractivity contribution >= 4 is 11.6 Å². The van der Waals surface area contributed by atoms with Gasteiger partial charge in [0.2, 0.25) is 5.88 Å². The molecule has 0 bridgehead atoms. The second kappa shape index (κ2) is 5.99. The lowest BCUT2D eigenvalue weighted by Gasteiger charge is -2.09. The summed E-state index contributed by atoms with van der Waals surface area (Å²) in [6.07, 6.45) is 1.68. The van der Waals surface area contributed by atoms with Crippen molar-refractivity contribution in [3.63, 3.8) is 0 Å². The Balaban J connectivity index is 2.06. The van der Waals surface area contributed by atoms with Crippen LogP contribution in [0.1, 0.15) is 18.3 Å². The van der Waals surface area contributed by atoms with Crippen molar-refractivity contribution in [2.75, 3.05) is 17.7 Å². The van der Waals surface area contributed by atoms with E-state index in [2.05, 4.69) is 20.3 Å². The summed E-state index contributed by atoms with van der Waals surface area (Å²) in [5.74, 6) is 2.48. The Morgan fingerprint density at radius 1 is 1.32 bits per heavy atom. The third kappa shape index (κ3) is 3.80. The van der Waals surface area contributed by atoms with Crippen molar-refractivity contribution in [1.82, 2.24) is 15.0 Å². The van der Waals surface area contributed by atoms with Crippen LogP contribution in [0.3, 0.4) is 0 Å². The summed E-state index contributed by atoms with van der Waals surface area (Å²) in [6.45, 7) is 4.95. The van der Waals surface area contributed by atoms with Crippen LogP contribution in [-0.4, -0.2) is 21.6 Å². The number of nitrogen functional groups attached to an aromatic ring is 1. The fourth-order valence-electron chi connectivity index (χ4n) is 1.65. The van der Waals surface area contributed by atoms with Crippen LogP contribution in [-0.2, 0) is 6.54 Å². The van der Waals surface area contributed by atoms with Gasteiger partial charge in [0, 0.05) is 18.8 Å². The molecule has 0 radical (unpaired) electrons. The highest BCUT2D eigenvalue weighted by Gasteiger charge is 2.02. The molecule has 0 amide bonds. The first-order valence-corrected chi connectivity index (χ1v) is 6.10. The summed E-state index contributed by atoms with van der Waals surface area (Å²) >= 11 is 0. The van der Waals surface area contributed by atoms with Gasteiger partial charge >= 0.3 is 0 Å². The Hall–Kier alpha value is -2.37. The normalized spacial score (nSPS) is 10.2. The van der Waals surface area contributed by atoms with Crippen molar-refractivity contribution < 1.29 is 4.74 Å². The molecule has 6 heteroatoms. The average molecular weight is 259 g/mol. The molecule has 0 unspecified atom stereocenters. The lowest BCUT2D eigenvalue weighted by molar-refractivity contribution is 0.325. The molecule has 0 aromatic carbocycles. The lowest BCUT2D eigenvalue weighted by Crippen LogP contribution is -2.05. The summed E-state index contributed by atoms with van der Waals surface area (Å²) in [5, 5.41) is 3.21. The maximum Gasteiger partial charge on any atom is 0.218 e. The summed E-state index contributed by atoms with van der Waals surface area (Å²) in [5.41, 5.74) is 6.67. The Morgan fingerprint density at radius 3 is 2.89 bits per heavy atom. The number of anilines is 2. The van der Waals surface area contributed by atoms with E-state index in [0.29, 0.717) is 30.7 Å². The van der Waals surface area contributed by atoms with Crippen LogP contribution in [0.15, 0.2) is 24.4 Å². The number of nitrogens with one attached hydrogen (secondary N) is 1. The van der Waals surface area contributed by atoms with Gasteiger partial charge in [-0.25, -0.2) is 9.97 Å².